The van der Waals surface area contributed by atoms with Crippen LogP contribution in [0.1, 0.15) is 18.4 Å². The van der Waals surface area contributed by atoms with Gasteiger partial charge in [-0.2, -0.15) is 0 Å². The molecule has 2 aromatic rings. The van der Waals surface area contributed by atoms with E-state index < -0.39 is 5.97 Å². The molecule has 0 spiro atoms. The zero-order valence-corrected chi connectivity index (χ0v) is 12.3. The van der Waals surface area contributed by atoms with Gasteiger partial charge in [0.2, 0.25) is 5.28 Å². The van der Waals surface area contributed by atoms with E-state index in [4.69, 9.17) is 21.4 Å². The van der Waals surface area contributed by atoms with Crippen molar-refractivity contribution >= 4 is 17.6 Å². The molecule has 0 aliphatic carbocycles. The number of benzene rings is 1. The molecule has 0 saturated heterocycles. The van der Waals surface area contributed by atoms with Gasteiger partial charge in [-0.1, -0.05) is 18.2 Å². The molecule has 1 aromatic carbocycles. The molecule has 21 heavy (non-hydrogen) atoms. The number of aromatic nitrogens is 2. The second kappa shape index (κ2) is 7.04. The number of nitrogens with zero attached hydrogens (tertiary/aromatic N) is 2. The number of hydrogen-bond donors (Lipinski definition) is 1. The van der Waals surface area contributed by atoms with E-state index in [0.717, 1.165) is 16.7 Å². The van der Waals surface area contributed by atoms with Gasteiger partial charge in [-0.15, -0.1) is 0 Å². The Bertz CT molecular complexity index is 629. The molecule has 0 aliphatic heterocycles. The summed E-state index contributed by atoms with van der Waals surface area (Å²) in [5, 5.41) is 8.91. The molecule has 2 rings (SSSR count). The number of methoxy groups -OCH3 is 1. The monoisotopic (exact) mass is 306 g/mol. The van der Waals surface area contributed by atoms with Gasteiger partial charge in [0.1, 0.15) is 5.75 Å². The summed E-state index contributed by atoms with van der Waals surface area (Å²) in [6.45, 7) is 0. The summed E-state index contributed by atoms with van der Waals surface area (Å²) >= 11 is 5.69. The van der Waals surface area contributed by atoms with Gasteiger partial charge in [0.25, 0.3) is 0 Å². The minimum Gasteiger partial charge on any atom is -0.496 e. The average Bonchev–Trinajstić information content (AvgIpc) is 2.47. The third-order valence-electron chi connectivity index (χ3n) is 3.07. The summed E-state index contributed by atoms with van der Waals surface area (Å²) in [4.78, 5) is 18.5. The molecule has 0 saturated carbocycles. The number of para-hydroxylation sites is 1. The predicted molar refractivity (Wildman–Crippen MR) is 79.6 cm³/mol. The third kappa shape index (κ3) is 3.92. The lowest BCUT2D eigenvalue weighted by Gasteiger charge is -2.13. The van der Waals surface area contributed by atoms with Crippen molar-refractivity contribution in [3.05, 3.63) is 41.4 Å². The van der Waals surface area contributed by atoms with Crippen molar-refractivity contribution in [3.63, 3.8) is 0 Å². The molecule has 0 unspecified atom stereocenters. The molecule has 0 amide bonds. The molecule has 5 nitrogen and oxygen atoms in total. The summed E-state index contributed by atoms with van der Waals surface area (Å²) in [6.07, 6.45) is 4.60. The third-order valence-corrected chi connectivity index (χ3v) is 3.26. The van der Waals surface area contributed by atoms with Crippen molar-refractivity contribution in [3.8, 4) is 16.9 Å². The van der Waals surface area contributed by atoms with Gasteiger partial charge in [-0.25, -0.2) is 9.97 Å². The fraction of sp³-hybridized carbons (Fsp3) is 0.267. The van der Waals surface area contributed by atoms with Crippen molar-refractivity contribution in [2.24, 2.45) is 0 Å². The lowest BCUT2D eigenvalue weighted by molar-refractivity contribution is -0.137. The minimum absolute atomic E-state index is 0.136. The fourth-order valence-corrected chi connectivity index (χ4v) is 2.23. The molecule has 0 atom stereocenters. The summed E-state index contributed by atoms with van der Waals surface area (Å²) in [7, 11) is 1.59. The number of ether oxygens (including phenoxy) is 1. The molecule has 6 heteroatoms. The number of carboxylic acids is 1. The Hall–Kier alpha value is -2.14. The first-order valence-corrected chi connectivity index (χ1v) is 6.85. The Morgan fingerprint density at radius 2 is 2.05 bits per heavy atom. The van der Waals surface area contributed by atoms with Crippen molar-refractivity contribution in [2.75, 3.05) is 7.11 Å². The molecular formula is C15H15ClN2O3. The van der Waals surface area contributed by atoms with Gasteiger partial charge < -0.3 is 9.84 Å². The maximum atomic E-state index is 10.6. The van der Waals surface area contributed by atoms with Crippen molar-refractivity contribution in [2.45, 2.75) is 19.3 Å². The molecule has 110 valence electrons. The molecule has 1 aromatic heterocycles. The lowest BCUT2D eigenvalue weighted by atomic mass is 10.00. The predicted octanol–water partition coefficient (Wildman–Crippen LogP) is 3.21. The van der Waals surface area contributed by atoms with E-state index in [-0.39, 0.29) is 11.7 Å². The van der Waals surface area contributed by atoms with Crippen molar-refractivity contribution in [1.82, 2.24) is 9.97 Å². The zero-order valence-electron chi connectivity index (χ0n) is 11.5. The number of aryl methyl sites for hydroxylation is 1. The van der Waals surface area contributed by atoms with Crippen LogP contribution in [-0.2, 0) is 11.2 Å². The Balaban J connectivity index is 2.29. The number of aliphatic carboxylic acids is 1. The maximum absolute atomic E-state index is 10.6. The van der Waals surface area contributed by atoms with E-state index in [2.05, 4.69) is 9.97 Å². The highest BCUT2D eigenvalue weighted by molar-refractivity contribution is 6.28. The first-order chi connectivity index (χ1) is 10.1. The Morgan fingerprint density at radius 3 is 2.67 bits per heavy atom. The SMILES string of the molecule is COc1c(CCCC(=O)O)cccc1-c1cnc(Cl)nc1. The summed E-state index contributed by atoms with van der Waals surface area (Å²) < 4.78 is 5.48. The molecule has 0 aliphatic rings. The highest BCUT2D eigenvalue weighted by Crippen LogP contribution is 2.33. The van der Waals surface area contributed by atoms with Gasteiger partial charge in [0.05, 0.1) is 7.11 Å². The second-order valence-electron chi connectivity index (χ2n) is 4.49. The lowest BCUT2D eigenvalue weighted by Crippen LogP contribution is -1.99. The number of halogens is 1. The van der Waals surface area contributed by atoms with Crippen LogP contribution in [0.4, 0.5) is 0 Å². The van der Waals surface area contributed by atoms with Crippen LogP contribution in [0.5, 0.6) is 5.75 Å². The molecule has 0 bridgehead atoms. The largest absolute Gasteiger partial charge is 0.496 e. The Kier molecular flexibility index (Phi) is 5.11. The first-order valence-electron chi connectivity index (χ1n) is 6.47. The van der Waals surface area contributed by atoms with Crippen LogP contribution in [0.25, 0.3) is 11.1 Å². The van der Waals surface area contributed by atoms with E-state index in [9.17, 15) is 4.79 Å². The van der Waals surface area contributed by atoms with Gasteiger partial charge in [-0.05, 0) is 30.0 Å². The van der Waals surface area contributed by atoms with Crippen LogP contribution in [0.3, 0.4) is 0 Å². The van der Waals surface area contributed by atoms with E-state index in [1.165, 1.54) is 0 Å². The van der Waals surface area contributed by atoms with Gasteiger partial charge in [-0.3, -0.25) is 4.79 Å². The van der Waals surface area contributed by atoms with Crippen LogP contribution >= 0.6 is 11.6 Å². The van der Waals surface area contributed by atoms with E-state index >= 15 is 0 Å². The molecule has 1 heterocycles. The van der Waals surface area contributed by atoms with Crippen LogP contribution in [0.2, 0.25) is 5.28 Å². The Morgan fingerprint density at radius 1 is 1.33 bits per heavy atom. The van der Waals surface area contributed by atoms with Crippen LogP contribution < -0.4 is 4.74 Å². The fourth-order valence-electron chi connectivity index (χ4n) is 2.13. The van der Waals surface area contributed by atoms with Gasteiger partial charge in [0, 0.05) is 29.9 Å². The summed E-state index contributed by atoms with van der Waals surface area (Å²) in [5.74, 6) is -0.0787. The molecule has 1 N–H and O–H groups in total. The van der Waals surface area contributed by atoms with Crippen LogP contribution in [0.15, 0.2) is 30.6 Å². The van der Waals surface area contributed by atoms with E-state index in [1.807, 2.05) is 18.2 Å². The van der Waals surface area contributed by atoms with Gasteiger partial charge >= 0.3 is 5.97 Å². The standard InChI is InChI=1S/C15H15ClN2O3/c1-21-14-10(5-3-7-13(19)20)4-2-6-12(14)11-8-17-15(16)18-9-11/h2,4,6,8-9H,3,5,7H2,1H3,(H,19,20). The van der Waals surface area contributed by atoms with E-state index in [1.54, 1.807) is 19.5 Å². The van der Waals surface area contributed by atoms with E-state index in [0.29, 0.717) is 18.6 Å². The maximum Gasteiger partial charge on any atom is 0.303 e. The van der Waals surface area contributed by atoms with Crippen LogP contribution in [-0.4, -0.2) is 28.2 Å². The van der Waals surface area contributed by atoms with Crippen molar-refractivity contribution < 1.29 is 14.6 Å². The second-order valence-corrected chi connectivity index (χ2v) is 4.82. The smallest absolute Gasteiger partial charge is 0.303 e. The quantitative estimate of drug-likeness (QED) is 0.830. The number of carboxylic acid groups (broad SMARTS) is 1. The molecule has 0 radical (unpaired) electrons. The summed E-state index contributed by atoms with van der Waals surface area (Å²) in [6, 6.07) is 5.75. The molecule has 0 fully saturated rings. The topological polar surface area (TPSA) is 72.3 Å². The van der Waals surface area contributed by atoms with Crippen molar-refractivity contribution in [1.29, 1.82) is 0 Å². The summed E-state index contributed by atoms with van der Waals surface area (Å²) in [5.41, 5.74) is 2.63. The highest BCUT2D eigenvalue weighted by atomic mass is 35.5. The number of rotatable bonds is 6. The number of hydrogen-bond acceptors (Lipinski definition) is 4. The number of carbonyl (C=O) groups is 1. The normalized spacial score (nSPS) is 10.4. The zero-order chi connectivity index (χ0) is 15.2. The molecular weight excluding hydrogens is 292 g/mol. The Labute approximate surface area is 127 Å². The minimum atomic E-state index is -0.795. The van der Waals surface area contributed by atoms with Gasteiger partial charge in [0.15, 0.2) is 0 Å². The van der Waals surface area contributed by atoms with Crippen LogP contribution in [0, 0.1) is 0 Å². The average molecular weight is 307 g/mol. The highest BCUT2D eigenvalue weighted by Gasteiger charge is 2.12. The first kappa shape index (κ1) is 15.3.